The Bertz CT molecular complexity index is 575. The fourth-order valence-electron chi connectivity index (χ4n) is 1.81. The molecule has 0 fully saturated rings. The van der Waals surface area contributed by atoms with E-state index in [9.17, 15) is 0 Å². The number of nitrogens with two attached hydrogens (primary N) is 1. The van der Waals surface area contributed by atoms with Crippen LogP contribution < -0.4 is 15.4 Å². The normalized spacial score (nSPS) is 11.4. The number of nitrogens with zero attached hydrogens (tertiary/aromatic N) is 3. The van der Waals surface area contributed by atoms with E-state index in [0.29, 0.717) is 18.3 Å². The van der Waals surface area contributed by atoms with Crippen molar-refractivity contribution in [3.05, 3.63) is 36.0 Å². The number of benzene rings is 1. The van der Waals surface area contributed by atoms with Crippen molar-refractivity contribution in [1.82, 2.24) is 10.1 Å². The highest BCUT2D eigenvalue weighted by Gasteiger charge is 2.22. The molecule has 20 heavy (non-hydrogen) atoms. The van der Waals surface area contributed by atoms with Gasteiger partial charge in [-0.2, -0.15) is 4.98 Å². The van der Waals surface area contributed by atoms with Gasteiger partial charge in [-0.1, -0.05) is 17.3 Å². The second kappa shape index (κ2) is 5.50. The Hall–Kier alpha value is -2.08. The zero-order chi connectivity index (χ0) is 14.8. The van der Waals surface area contributed by atoms with Crippen LogP contribution in [0.4, 0.5) is 5.69 Å². The molecule has 2 aromatic rings. The molecule has 1 aromatic heterocycles. The van der Waals surface area contributed by atoms with Crippen LogP contribution in [0.2, 0.25) is 0 Å². The van der Waals surface area contributed by atoms with Crippen LogP contribution >= 0.6 is 0 Å². The molecule has 0 amide bonds. The van der Waals surface area contributed by atoms with Crippen molar-refractivity contribution in [2.75, 3.05) is 19.1 Å². The molecule has 0 bridgehead atoms. The number of rotatable bonds is 5. The Kier molecular flexibility index (Phi) is 3.94. The summed E-state index contributed by atoms with van der Waals surface area (Å²) in [5, 5.41) is 3.91. The first-order chi connectivity index (χ1) is 9.41. The number of methoxy groups -OCH3 is 1. The number of para-hydroxylation sites is 2. The summed E-state index contributed by atoms with van der Waals surface area (Å²) in [5.41, 5.74) is 6.29. The predicted octanol–water partition coefficient (Wildman–Crippen LogP) is 1.91. The third-order valence-corrected chi connectivity index (χ3v) is 2.91. The lowest BCUT2D eigenvalue weighted by atomic mass is 10.1. The molecule has 0 saturated heterocycles. The fraction of sp³-hybridized carbons (Fsp3) is 0.429. The zero-order valence-corrected chi connectivity index (χ0v) is 12.3. The second-order valence-electron chi connectivity index (χ2n) is 5.26. The zero-order valence-electron chi connectivity index (χ0n) is 12.3. The second-order valence-corrected chi connectivity index (χ2v) is 5.26. The average molecular weight is 276 g/mol. The highest BCUT2D eigenvalue weighted by molar-refractivity contribution is 5.57. The summed E-state index contributed by atoms with van der Waals surface area (Å²) in [6.07, 6.45) is 0. The van der Waals surface area contributed by atoms with Gasteiger partial charge in [0.25, 0.3) is 0 Å². The molecule has 108 valence electrons. The minimum absolute atomic E-state index is 0.490. The van der Waals surface area contributed by atoms with Crippen LogP contribution in [0, 0.1) is 0 Å². The Morgan fingerprint density at radius 3 is 2.65 bits per heavy atom. The molecule has 0 radical (unpaired) electrons. The molecular formula is C14H20N4O2. The van der Waals surface area contributed by atoms with E-state index < -0.39 is 5.54 Å². The molecule has 2 rings (SSSR count). The smallest absolute Gasteiger partial charge is 0.246 e. The summed E-state index contributed by atoms with van der Waals surface area (Å²) < 4.78 is 10.6. The van der Waals surface area contributed by atoms with E-state index in [1.165, 1.54) is 0 Å². The minimum atomic E-state index is -0.606. The average Bonchev–Trinajstić information content (AvgIpc) is 2.87. The highest BCUT2D eigenvalue weighted by atomic mass is 16.5. The van der Waals surface area contributed by atoms with Gasteiger partial charge in [0.2, 0.25) is 5.89 Å². The third kappa shape index (κ3) is 3.08. The number of ether oxygens (including phenoxy) is 1. The maximum Gasteiger partial charge on any atom is 0.246 e. The molecule has 1 heterocycles. The van der Waals surface area contributed by atoms with Gasteiger partial charge in [0.1, 0.15) is 5.75 Å². The molecule has 1 aromatic carbocycles. The van der Waals surface area contributed by atoms with Gasteiger partial charge < -0.3 is 19.9 Å². The van der Waals surface area contributed by atoms with E-state index in [2.05, 4.69) is 10.1 Å². The Labute approximate surface area is 118 Å². The minimum Gasteiger partial charge on any atom is -0.495 e. The van der Waals surface area contributed by atoms with Crippen LogP contribution in [0.15, 0.2) is 28.8 Å². The van der Waals surface area contributed by atoms with Crippen molar-refractivity contribution in [1.29, 1.82) is 0 Å². The Morgan fingerprint density at radius 1 is 1.35 bits per heavy atom. The number of aromatic nitrogens is 2. The SMILES string of the molecule is COc1ccccc1N(C)Cc1nc(C(C)(C)N)no1. The first-order valence-electron chi connectivity index (χ1n) is 6.38. The molecule has 0 unspecified atom stereocenters. The molecule has 0 saturated carbocycles. The van der Waals surface area contributed by atoms with Crippen LogP contribution in [0.1, 0.15) is 25.6 Å². The van der Waals surface area contributed by atoms with Gasteiger partial charge in [-0.3, -0.25) is 0 Å². The molecule has 0 aliphatic rings. The van der Waals surface area contributed by atoms with Crippen molar-refractivity contribution in [2.45, 2.75) is 25.9 Å². The predicted molar refractivity (Wildman–Crippen MR) is 76.6 cm³/mol. The summed E-state index contributed by atoms with van der Waals surface area (Å²) in [6, 6.07) is 7.77. The largest absolute Gasteiger partial charge is 0.495 e. The standard InChI is InChI=1S/C14H20N4O2/c1-14(2,15)13-16-12(20-17-13)9-18(3)10-7-5-6-8-11(10)19-4/h5-8H,9,15H2,1-4H3. The highest BCUT2D eigenvalue weighted by Crippen LogP contribution is 2.27. The molecule has 0 spiro atoms. The Morgan fingerprint density at radius 2 is 2.05 bits per heavy atom. The molecule has 0 aliphatic carbocycles. The van der Waals surface area contributed by atoms with E-state index >= 15 is 0 Å². The topological polar surface area (TPSA) is 77.4 Å². The van der Waals surface area contributed by atoms with Crippen LogP contribution in [-0.2, 0) is 12.1 Å². The monoisotopic (exact) mass is 276 g/mol. The quantitative estimate of drug-likeness (QED) is 0.898. The van der Waals surface area contributed by atoms with E-state index in [1.807, 2.05) is 50.1 Å². The molecule has 6 nitrogen and oxygen atoms in total. The maximum atomic E-state index is 5.94. The Balaban J connectivity index is 2.15. The lowest BCUT2D eigenvalue weighted by molar-refractivity contribution is 0.359. The van der Waals surface area contributed by atoms with Crippen molar-refractivity contribution in [3.63, 3.8) is 0 Å². The van der Waals surface area contributed by atoms with Crippen molar-refractivity contribution >= 4 is 5.69 Å². The van der Waals surface area contributed by atoms with Gasteiger partial charge in [0.15, 0.2) is 5.82 Å². The van der Waals surface area contributed by atoms with E-state index in [1.54, 1.807) is 7.11 Å². The molecule has 6 heteroatoms. The van der Waals surface area contributed by atoms with Crippen molar-refractivity contribution in [3.8, 4) is 5.75 Å². The fourth-order valence-corrected chi connectivity index (χ4v) is 1.81. The van der Waals surface area contributed by atoms with Gasteiger partial charge >= 0.3 is 0 Å². The molecule has 2 N–H and O–H groups in total. The molecular weight excluding hydrogens is 256 g/mol. The summed E-state index contributed by atoms with van der Waals surface area (Å²) >= 11 is 0. The molecule has 0 aliphatic heterocycles. The summed E-state index contributed by atoms with van der Waals surface area (Å²) in [4.78, 5) is 6.30. The van der Waals surface area contributed by atoms with Crippen LogP contribution in [0.3, 0.4) is 0 Å². The van der Waals surface area contributed by atoms with Gasteiger partial charge in [-0.25, -0.2) is 0 Å². The van der Waals surface area contributed by atoms with Gasteiger partial charge in [-0.05, 0) is 26.0 Å². The van der Waals surface area contributed by atoms with Crippen LogP contribution in [0.25, 0.3) is 0 Å². The molecule has 0 atom stereocenters. The van der Waals surface area contributed by atoms with E-state index in [0.717, 1.165) is 11.4 Å². The summed E-state index contributed by atoms with van der Waals surface area (Å²) in [6.45, 7) is 4.17. The number of anilines is 1. The van der Waals surface area contributed by atoms with Crippen molar-refractivity contribution in [2.24, 2.45) is 5.73 Å². The summed E-state index contributed by atoms with van der Waals surface area (Å²) in [7, 11) is 3.59. The van der Waals surface area contributed by atoms with Gasteiger partial charge in [0.05, 0.1) is 24.9 Å². The lowest BCUT2D eigenvalue weighted by Crippen LogP contribution is -2.30. The van der Waals surface area contributed by atoms with Crippen LogP contribution in [0.5, 0.6) is 5.75 Å². The lowest BCUT2D eigenvalue weighted by Gasteiger charge is -2.19. The van der Waals surface area contributed by atoms with Gasteiger partial charge in [-0.15, -0.1) is 0 Å². The first-order valence-corrected chi connectivity index (χ1v) is 6.38. The van der Waals surface area contributed by atoms with Crippen molar-refractivity contribution < 1.29 is 9.26 Å². The van der Waals surface area contributed by atoms with Gasteiger partial charge in [0, 0.05) is 7.05 Å². The summed E-state index contributed by atoms with van der Waals surface area (Å²) in [5.74, 6) is 1.82. The number of hydrogen-bond acceptors (Lipinski definition) is 6. The third-order valence-electron chi connectivity index (χ3n) is 2.91. The number of hydrogen-bond donors (Lipinski definition) is 1. The first kappa shape index (κ1) is 14.3. The van der Waals surface area contributed by atoms with Crippen LogP contribution in [-0.4, -0.2) is 24.3 Å². The van der Waals surface area contributed by atoms with E-state index in [4.69, 9.17) is 15.0 Å². The van der Waals surface area contributed by atoms with E-state index in [-0.39, 0.29) is 0 Å². The maximum absolute atomic E-state index is 5.94.